The fourth-order valence-electron chi connectivity index (χ4n) is 2.75. The summed E-state index contributed by atoms with van der Waals surface area (Å²) in [6.07, 6.45) is 2.80. The van der Waals surface area contributed by atoms with Gasteiger partial charge in [-0.1, -0.05) is 20.8 Å². The van der Waals surface area contributed by atoms with E-state index in [2.05, 4.69) is 36.3 Å². The smallest absolute Gasteiger partial charge is 0.223 e. The molecule has 1 aliphatic rings. The average molecular weight is 294 g/mol. The summed E-state index contributed by atoms with van der Waals surface area (Å²) in [5.41, 5.74) is 0. The number of rotatable bonds is 5. The van der Waals surface area contributed by atoms with Crippen LogP contribution < -0.4 is 5.32 Å². The summed E-state index contributed by atoms with van der Waals surface area (Å²) >= 11 is 0. The summed E-state index contributed by atoms with van der Waals surface area (Å²) in [4.78, 5) is 12.3. The van der Waals surface area contributed by atoms with E-state index >= 15 is 0 Å². The number of ether oxygens (including phenoxy) is 1. The molecule has 2 atom stereocenters. The van der Waals surface area contributed by atoms with Crippen LogP contribution in [0.25, 0.3) is 0 Å². The van der Waals surface area contributed by atoms with E-state index in [1.165, 1.54) is 0 Å². The fourth-order valence-corrected chi connectivity index (χ4v) is 2.75. The maximum Gasteiger partial charge on any atom is 0.223 e. The van der Waals surface area contributed by atoms with Gasteiger partial charge in [0.25, 0.3) is 0 Å². The number of carbonyl (C=O) groups is 1. The predicted octanol–water partition coefficient (Wildman–Crippen LogP) is 1.76. The average Bonchev–Trinajstić information content (AvgIpc) is 2.86. The maximum atomic E-state index is 12.3. The van der Waals surface area contributed by atoms with Gasteiger partial charge in [-0.25, -0.2) is 0 Å². The highest BCUT2D eigenvalue weighted by molar-refractivity contribution is 5.78. The summed E-state index contributed by atoms with van der Waals surface area (Å²) in [7, 11) is 1.94. The molecule has 0 spiro atoms. The minimum atomic E-state index is 0.0569. The largest absolute Gasteiger partial charge is 0.378 e. The summed E-state index contributed by atoms with van der Waals surface area (Å²) in [6, 6.07) is 0. The third-order valence-electron chi connectivity index (χ3n) is 4.13. The Morgan fingerprint density at radius 2 is 2.24 bits per heavy atom. The lowest BCUT2D eigenvalue weighted by Gasteiger charge is -2.28. The molecule has 118 valence electrons. The van der Waals surface area contributed by atoms with Crippen molar-refractivity contribution in [3.05, 3.63) is 11.6 Å². The zero-order valence-electron chi connectivity index (χ0n) is 13.4. The summed E-state index contributed by atoms with van der Waals surface area (Å²) in [6.45, 7) is 7.37. The Morgan fingerprint density at radius 3 is 2.86 bits per heavy atom. The summed E-state index contributed by atoms with van der Waals surface area (Å²) in [5, 5.41) is 11.3. The molecule has 0 bridgehead atoms. The number of aromatic nitrogens is 3. The molecular formula is C15H26N4O2. The van der Waals surface area contributed by atoms with Crippen molar-refractivity contribution < 1.29 is 9.53 Å². The summed E-state index contributed by atoms with van der Waals surface area (Å²) < 4.78 is 7.57. The number of carbonyl (C=O) groups excluding carboxylic acids is 1. The Bertz CT molecular complexity index is 484. The van der Waals surface area contributed by atoms with Crippen molar-refractivity contribution in [1.82, 2.24) is 20.1 Å². The number of nitrogens with one attached hydrogen (secondary N) is 1. The summed E-state index contributed by atoms with van der Waals surface area (Å²) in [5.74, 6) is 2.22. The second-order valence-electron chi connectivity index (χ2n) is 6.03. The zero-order chi connectivity index (χ0) is 15.4. The van der Waals surface area contributed by atoms with E-state index in [0.29, 0.717) is 19.1 Å². The Balaban J connectivity index is 1.89. The lowest BCUT2D eigenvalue weighted by atomic mass is 9.93. The lowest BCUT2D eigenvalue weighted by molar-refractivity contribution is -0.130. The molecule has 1 amide bonds. The minimum absolute atomic E-state index is 0.0569. The van der Waals surface area contributed by atoms with Crippen LogP contribution in [0.3, 0.4) is 0 Å². The highest BCUT2D eigenvalue weighted by atomic mass is 16.5. The topological polar surface area (TPSA) is 69.0 Å². The third-order valence-corrected chi connectivity index (χ3v) is 4.13. The van der Waals surface area contributed by atoms with E-state index in [0.717, 1.165) is 30.9 Å². The van der Waals surface area contributed by atoms with Crippen LogP contribution in [0.15, 0.2) is 0 Å². The van der Waals surface area contributed by atoms with Crippen molar-refractivity contribution in [3.8, 4) is 0 Å². The van der Waals surface area contributed by atoms with Crippen molar-refractivity contribution in [2.45, 2.75) is 58.6 Å². The van der Waals surface area contributed by atoms with Crippen molar-refractivity contribution in [2.24, 2.45) is 13.0 Å². The molecule has 1 fully saturated rings. The van der Waals surface area contributed by atoms with E-state index in [1.807, 2.05) is 11.6 Å². The molecular weight excluding hydrogens is 268 g/mol. The highest BCUT2D eigenvalue weighted by Gasteiger charge is 2.27. The number of hydrogen-bond donors (Lipinski definition) is 1. The SMILES string of the molecule is CCC1CC(C(=O)NCc2nnc(C(C)C)n2C)CCO1. The lowest BCUT2D eigenvalue weighted by Crippen LogP contribution is -2.37. The Morgan fingerprint density at radius 1 is 1.48 bits per heavy atom. The van der Waals surface area contributed by atoms with Gasteiger partial charge >= 0.3 is 0 Å². The molecule has 0 radical (unpaired) electrons. The maximum absolute atomic E-state index is 12.3. The molecule has 6 heteroatoms. The normalized spacial score (nSPS) is 22.5. The van der Waals surface area contributed by atoms with Gasteiger partial charge in [0.2, 0.25) is 5.91 Å². The molecule has 0 saturated carbocycles. The van der Waals surface area contributed by atoms with Gasteiger partial charge in [0.15, 0.2) is 5.82 Å². The monoisotopic (exact) mass is 294 g/mol. The first-order valence-electron chi connectivity index (χ1n) is 7.80. The molecule has 2 rings (SSSR count). The first-order chi connectivity index (χ1) is 10.0. The second kappa shape index (κ2) is 7.02. The van der Waals surface area contributed by atoms with E-state index in [1.54, 1.807) is 0 Å². The van der Waals surface area contributed by atoms with E-state index in [-0.39, 0.29) is 17.9 Å². The molecule has 1 aromatic rings. The molecule has 0 aliphatic carbocycles. The fraction of sp³-hybridized carbons (Fsp3) is 0.800. The van der Waals surface area contributed by atoms with E-state index in [9.17, 15) is 4.79 Å². The molecule has 1 N–H and O–H groups in total. The van der Waals surface area contributed by atoms with Gasteiger partial charge in [-0.2, -0.15) is 0 Å². The van der Waals surface area contributed by atoms with Gasteiger partial charge in [-0.3, -0.25) is 4.79 Å². The van der Waals surface area contributed by atoms with Crippen LogP contribution in [0.2, 0.25) is 0 Å². The van der Waals surface area contributed by atoms with Gasteiger partial charge < -0.3 is 14.6 Å². The van der Waals surface area contributed by atoms with E-state index < -0.39 is 0 Å². The van der Waals surface area contributed by atoms with Crippen molar-refractivity contribution in [1.29, 1.82) is 0 Å². The number of hydrogen-bond acceptors (Lipinski definition) is 4. The Labute approximate surface area is 126 Å². The van der Waals surface area contributed by atoms with Gasteiger partial charge in [-0.05, 0) is 19.3 Å². The standard InChI is InChI=1S/C15H26N4O2/c1-5-12-8-11(6-7-21-12)15(20)16-9-13-17-18-14(10(2)3)19(13)4/h10-12H,5-9H2,1-4H3,(H,16,20). The molecule has 1 aromatic heterocycles. The van der Waals surface area contributed by atoms with Gasteiger partial charge in [-0.15, -0.1) is 10.2 Å². The molecule has 21 heavy (non-hydrogen) atoms. The molecule has 1 aliphatic heterocycles. The van der Waals surface area contributed by atoms with Gasteiger partial charge in [0.1, 0.15) is 5.82 Å². The van der Waals surface area contributed by atoms with Gasteiger partial charge in [0.05, 0.1) is 12.6 Å². The van der Waals surface area contributed by atoms with Crippen LogP contribution in [-0.4, -0.2) is 33.4 Å². The zero-order valence-corrected chi connectivity index (χ0v) is 13.4. The molecule has 2 heterocycles. The van der Waals surface area contributed by atoms with Crippen LogP contribution in [0.4, 0.5) is 0 Å². The van der Waals surface area contributed by atoms with Crippen molar-refractivity contribution in [2.75, 3.05) is 6.61 Å². The predicted molar refractivity (Wildman–Crippen MR) is 79.7 cm³/mol. The minimum Gasteiger partial charge on any atom is -0.378 e. The van der Waals surface area contributed by atoms with Crippen LogP contribution in [0.5, 0.6) is 0 Å². The van der Waals surface area contributed by atoms with Gasteiger partial charge in [0, 0.05) is 25.5 Å². The Hall–Kier alpha value is -1.43. The number of amides is 1. The van der Waals surface area contributed by atoms with Crippen LogP contribution in [-0.2, 0) is 23.1 Å². The third kappa shape index (κ3) is 3.81. The number of nitrogens with zero attached hydrogens (tertiary/aromatic N) is 3. The van der Waals surface area contributed by atoms with Crippen LogP contribution in [0.1, 0.15) is 57.6 Å². The Kier molecular flexibility index (Phi) is 5.33. The molecule has 0 aromatic carbocycles. The molecule has 6 nitrogen and oxygen atoms in total. The molecule has 1 saturated heterocycles. The first kappa shape index (κ1) is 15.9. The van der Waals surface area contributed by atoms with E-state index in [4.69, 9.17) is 4.74 Å². The van der Waals surface area contributed by atoms with Crippen molar-refractivity contribution >= 4 is 5.91 Å². The molecule has 2 unspecified atom stereocenters. The quantitative estimate of drug-likeness (QED) is 0.898. The van der Waals surface area contributed by atoms with Crippen molar-refractivity contribution in [3.63, 3.8) is 0 Å². The highest BCUT2D eigenvalue weighted by Crippen LogP contribution is 2.22. The second-order valence-corrected chi connectivity index (χ2v) is 6.03. The van der Waals surface area contributed by atoms with Crippen LogP contribution in [0, 0.1) is 5.92 Å². The first-order valence-corrected chi connectivity index (χ1v) is 7.80. The van der Waals surface area contributed by atoms with Crippen LogP contribution >= 0.6 is 0 Å².